The molecule has 122 valence electrons. The number of unbranched alkanes of at least 4 members (excludes halogenated alkanes) is 3. The van der Waals surface area contributed by atoms with Crippen molar-refractivity contribution < 1.29 is 28.0 Å². The highest BCUT2D eigenvalue weighted by atomic mass is 19.4. The van der Waals surface area contributed by atoms with Crippen LogP contribution >= 0.6 is 0 Å². The van der Waals surface area contributed by atoms with Crippen molar-refractivity contribution in [3.8, 4) is 0 Å². The van der Waals surface area contributed by atoms with E-state index < -0.39 is 12.1 Å². The van der Waals surface area contributed by atoms with Gasteiger partial charge in [-0.15, -0.1) is 0 Å². The molecular weight excluding hydrogens is 271 g/mol. The van der Waals surface area contributed by atoms with Gasteiger partial charge in [0.1, 0.15) is 0 Å². The van der Waals surface area contributed by atoms with Gasteiger partial charge in [0.15, 0.2) is 0 Å². The molecule has 0 aromatic carbocycles. The van der Waals surface area contributed by atoms with Gasteiger partial charge in [0.05, 0.1) is 19.6 Å². The van der Waals surface area contributed by atoms with E-state index >= 15 is 0 Å². The zero-order chi connectivity index (χ0) is 16.0. The number of hydrogen-bond acceptors (Lipinski definition) is 1. The van der Waals surface area contributed by atoms with Crippen LogP contribution in [0.2, 0.25) is 0 Å². The summed E-state index contributed by atoms with van der Waals surface area (Å²) < 4.78 is 31.7. The lowest BCUT2D eigenvalue weighted by Crippen LogP contribution is -3.12. The molecule has 6 heteroatoms. The maximum absolute atomic E-state index is 10.6. The average Bonchev–Trinajstić information content (AvgIpc) is 2.37. The molecule has 0 rings (SSSR count). The summed E-state index contributed by atoms with van der Waals surface area (Å²) in [4.78, 5) is 10.7. The van der Waals surface area contributed by atoms with E-state index in [0.717, 1.165) is 0 Å². The monoisotopic (exact) mass is 300 g/mol. The second-order valence-corrected chi connectivity index (χ2v) is 4.86. The number of carboxylic acids is 1. The van der Waals surface area contributed by atoms with Gasteiger partial charge >= 0.3 is 12.1 Å². The van der Waals surface area contributed by atoms with Crippen molar-refractivity contribution >= 4 is 5.97 Å². The molecule has 20 heavy (non-hydrogen) atoms. The fraction of sp³-hybridized carbons (Fsp3) is 0.929. The van der Waals surface area contributed by atoms with Gasteiger partial charge in [0.25, 0.3) is 0 Å². The number of quaternary nitrogens is 1. The van der Waals surface area contributed by atoms with Crippen LogP contribution in [0.25, 0.3) is 0 Å². The van der Waals surface area contributed by atoms with Crippen molar-refractivity contribution in [2.45, 2.75) is 65.5 Å². The average molecular weight is 300 g/mol. The summed E-state index contributed by atoms with van der Waals surface area (Å²) in [6, 6.07) is 0. The predicted octanol–water partition coefficient (Wildman–Crippen LogP) is 2.90. The van der Waals surface area contributed by atoms with Crippen LogP contribution in [0.4, 0.5) is 13.2 Å². The minimum atomic E-state index is -5.08. The predicted molar refractivity (Wildman–Crippen MR) is 74.0 cm³/mol. The van der Waals surface area contributed by atoms with Crippen LogP contribution in [-0.2, 0) is 4.79 Å². The summed E-state index contributed by atoms with van der Waals surface area (Å²) in [6.45, 7) is 11.1. The first-order valence-corrected chi connectivity index (χ1v) is 7.43. The number of rotatable bonds is 9. The molecule has 0 unspecified atom stereocenters. The minimum absolute atomic E-state index is 1.35. The first-order chi connectivity index (χ1) is 9.29. The van der Waals surface area contributed by atoms with Gasteiger partial charge in [-0.3, -0.25) is 0 Å². The Bertz CT molecular complexity index is 214. The van der Waals surface area contributed by atoms with E-state index in [2.05, 4.69) is 20.8 Å². The number of alkyl halides is 3. The number of halogens is 3. The molecule has 0 aliphatic carbocycles. The van der Waals surface area contributed by atoms with E-state index in [1.165, 1.54) is 58.2 Å². The molecule has 0 spiro atoms. The van der Waals surface area contributed by atoms with E-state index in [9.17, 15) is 13.2 Å². The summed E-state index contributed by atoms with van der Waals surface area (Å²) in [5.41, 5.74) is 0. The highest BCUT2D eigenvalue weighted by molar-refractivity contribution is 5.73. The highest BCUT2D eigenvalue weighted by Gasteiger charge is 2.38. The Kier molecular flexibility index (Phi) is 14.2. The quantitative estimate of drug-likeness (QED) is 0.687. The number of nitrogens with one attached hydrogen (secondary N) is 1. The van der Waals surface area contributed by atoms with Crippen LogP contribution in [-0.4, -0.2) is 36.9 Å². The first-order valence-electron chi connectivity index (χ1n) is 7.43. The zero-order valence-electron chi connectivity index (χ0n) is 12.9. The molecule has 0 aromatic heterocycles. The van der Waals surface area contributed by atoms with Crippen molar-refractivity contribution in [1.29, 1.82) is 0 Å². The molecule has 0 atom stereocenters. The molecule has 0 radical (unpaired) electrons. The molecule has 0 fully saturated rings. The van der Waals surface area contributed by atoms with E-state index in [4.69, 9.17) is 9.90 Å². The Balaban J connectivity index is 0. The van der Waals surface area contributed by atoms with Crippen molar-refractivity contribution in [2.24, 2.45) is 0 Å². The molecular formula is C14H29F3NO2+. The number of carbonyl (C=O) groups is 1. The summed E-state index contributed by atoms with van der Waals surface area (Å²) in [7, 11) is 0. The van der Waals surface area contributed by atoms with E-state index in [1.807, 2.05) is 4.90 Å². The smallest absolute Gasteiger partial charge is 0.475 e. The molecule has 0 saturated carbocycles. The van der Waals surface area contributed by atoms with Crippen molar-refractivity contribution in [1.82, 2.24) is 0 Å². The van der Waals surface area contributed by atoms with Crippen LogP contribution < -0.4 is 4.90 Å². The molecule has 2 N–H and O–H groups in total. The fourth-order valence-electron chi connectivity index (χ4n) is 1.66. The molecule has 0 aromatic rings. The maximum Gasteiger partial charge on any atom is 0.490 e. The van der Waals surface area contributed by atoms with Crippen LogP contribution in [0.15, 0.2) is 0 Å². The van der Waals surface area contributed by atoms with Crippen LogP contribution in [0.3, 0.4) is 0 Å². The van der Waals surface area contributed by atoms with Gasteiger partial charge in [-0.2, -0.15) is 13.2 Å². The van der Waals surface area contributed by atoms with Crippen molar-refractivity contribution in [2.75, 3.05) is 19.6 Å². The lowest BCUT2D eigenvalue weighted by Gasteiger charge is -2.18. The molecule has 0 aliphatic rings. The van der Waals surface area contributed by atoms with Gasteiger partial charge in [-0.25, -0.2) is 4.79 Å². The largest absolute Gasteiger partial charge is 0.490 e. The van der Waals surface area contributed by atoms with Gasteiger partial charge in [0, 0.05) is 0 Å². The number of hydrogen-bond donors (Lipinski definition) is 2. The molecule has 0 saturated heterocycles. The van der Waals surface area contributed by atoms with Gasteiger partial charge in [-0.1, -0.05) is 40.0 Å². The fourth-order valence-corrected chi connectivity index (χ4v) is 1.66. The molecule has 0 amide bonds. The molecule has 3 nitrogen and oxygen atoms in total. The first kappa shape index (κ1) is 21.5. The van der Waals surface area contributed by atoms with Crippen LogP contribution in [0, 0.1) is 0 Å². The highest BCUT2D eigenvalue weighted by Crippen LogP contribution is 2.13. The third-order valence-electron chi connectivity index (χ3n) is 2.89. The lowest BCUT2D eigenvalue weighted by molar-refractivity contribution is -0.900. The summed E-state index contributed by atoms with van der Waals surface area (Å²) >= 11 is 0. The number of aliphatic carboxylic acids is 1. The molecule has 0 heterocycles. The van der Waals surface area contributed by atoms with Crippen molar-refractivity contribution in [3.05, 3.63) is 0 Å². The van der Waals surface area contributed by atoms with Crippen molar-refractivity contribution in [3.63, 3.8) is 0 Å². The van der Waals surface area contributed by atoms with Crippen LogP contribution in [0.5, 0.6) is 0 Å². The third kappa shape index (κ3) is 15.3. The topological polar surface area (TPSA) is 41.7 Å². The normalized spacial score (nSPS) is 11.2. The van der Waals surface area contributed by atoms with E-state index in [-0.39, 0.29) is 0 Å². The molecule has 0 aliphatic heterocycles. The summed E-state index contributed by atoms with van der Waals surface area (Å²) in [5, 5.41) is 7.12. The standard InChI is InChI=1S/C12H27N.C2HF3O2/c1-4-7-10-13(11-8-5-2)12-9-6-3;3-2(4,5)1(6)7/h4-12H2,1-3H3;(H,6,7)/p+1. The van der Waals surface area contributed by atoms with Gasteiger partial charge in [-0.05, 0) is 19.3 Å². The SMILES string of the molecule is CCCC[NH+](CCCC)CCCC.O=C(O)C(F)(F)F. The second-order valence-electron chi connectivity index (χ2n) is 4.86. The summed E-state index contributed by atoms with van der Waals surface area (Å²) in [6.07, 6.45) is 3.18. The maximum atomic E-state index is 10.6. The Morgan fingerprint density at radius 2 is 1.15 bits per heavy atom. The molecule has 0 bridgehead atoms. The number of carboxylic acid groups (broad SMARTS) is 1. The second kappa shape index (κ2) is 13.2. The Morgan fingerprint density at radius 3 is 1.30 bits per heavy atom. The van der Waals surface area contributed by atoms with E-state index in [1.54, 1.807) is 0 Å². The lowest BCUT2D eigenvalue weighted by atomic mass is 10.2. The Labute approximate surface area is 120 Å². The zero-order valence-corrected chi connectivity index (χ0v) is 12.9. The van der Waals surface area contributed by atoms with E-state index in [0.29, 0.717) is 0 Å². The summed E-state index contributed by atoms with van der Waals surface area (Å²) in [5.74, 6) is -2.76. The Hall–Kier alpha value is -0.780. The third-order valence-corrected chi connectivity index (χ3v) is 2.89. The minimum Gasteiger partial charge on any atom is -0.475 e. The van der Waals surface area contributed by atoms with Gasteiger partial charge in [0.2, 0.25) is 0 Å². The van der Waals surface area contributed by atoms with Gasteiger partial charge < -0.3 is 10.0 Å². The van der Waals surface area contributed by atoms with Crippen LogP contribution in [0.1, 0.15) is 59.3 Å². The Morgan fingerprint density at radius 1 is 0.900 bits per heavy atom.